The van der Waals surface area contributed by atoms with E-state index in [1.54, 1.807) is 43.4 Å². The first kappa shape index (κ1) is 39.2. The lowest BCUT2D eigenvalue weighted by Crippen LogP contribution is -2.50. The van der Waals surface area contributed by atoms with Crippen LogP contribution in [-0.2, 0) is 29.2 Å². The Kier molecular flexibility index (Phi) is 11.4. The molecule has 2 aromatic heterocycles. The number of halogens is 1. The monoisotopic (exact) mass is 745 g/mol. The number of carbonyl (C=O) groups excluding carboxylic acids is 2. The number of hydrogen-bond acceptors (Lipinski definition) is 7. The molecular weight excluding hydrogens is 694 g/mol. The van der Waals surface area contributed by atoms with E-state index in [9.17, 15) is 14.4 Å². The molecular formula is C40H52ClN5O5Si. The van der Waals surface area contributed by atoms with Gasteiger partial charge in [0.05, 0.1) is 29.6 Å². The van der Waals surface area contributed by atoms with Crippen molar-refractivity contribution in [2.24, 2.45) is 7.05 Å². The summed E-state index contributed by atoms with van der Waals surface area (Å²) in [5.41, 5.74) is 2.15. The fourth-order valence-corrected chi connectivity index (χ4v) is 7.79. The standard InChI is InChI=1S/C40H52ClN5O5Si/c1-39(2,3)50-38(49)46-29(20-21-32(46)35(28-19-22-33(41)42-24-28)51-52(9,10)40(4,5)6)23-26-15-17-27(18-16-26)36(47)44(7)25-34-43-31-14-12-11-13-30(31)37(48)45(34)8/h11-19,22,24,29,32,35H,20-21,23,25H2,1-10H3/t29-,32+,35?/m0/s1. The van der Waals surface area contributed by atoms with Crippen LogP contribution in [0.3, 0.4) is 0 Å². The quantitative estimate of drug-likeness (QED) is 0.125. The number of hydrogen-bond donors (Lipinski definition) is 0. The Morgan fingerprint density at radius 1 is 1.00 bits per heavy atom. The molecule has 1 unspecified atom stereocenters. The minimum absolute atomic E-state index is 0.0598. The molecule has 0 radical (unpaired) electrons. The van der Waals surface area contributed by atoms with Crippen LogP contribution in [0.2, 0.25) is 23.3 Å². The molecule has 0 aliphatic carbocycles. The minimum Gasteiger partial charge on any atom is -0.444 e. The predicted octanol–water partition coefficient (Wildman–Crippen LogP) is 8.33. The first-order valence-electron chi connectivity index (χ1n) is 17.9. The average Bonchev–Trinajstić information content (AvgIpc) is 3.48. The van der Waals surface area contributed by atoms with E-state index in [0.29, 0.717) is 33.9 Å². The van der Waals surface area contributed by atoms with Crippen LogP contribution in [0.15, 0.2) is 71.7 Å². The minimum atomic E-state index is -2.31. The summed E-state index contributed by atoms with van der Waals surface area (Å²) in [7, 11) is 1.07. The molecule has 0 spiro atoms. The van der Waals surface area contributed by atoms with E-state index >= 15 is 0 Å². The molecule has 5 rings (SSSR count). The van der Waals surface area contributed by atoms with Gasteiger partial charge in [-0.25, -0.2) is 14.8 Å². The van der Waals surface area contributed by atoms with Crippen LogP contribution < -0.4 is 5.56 Å². The summed E-state index contributed by atoms with van der Waals surface area (Å²) < 4.78 is 14.6. The highest BCUT2D eigenvalue weighted by atomic mass is 35.5. The number of ether oxygens (including phenoxy) is 1. The molecule has 0 saturated carbocycles. The molecule has 1 fully saturated rings. The third-order valence-corrected chi connectivity index (χ3v) is 15.0. The van der Waals surface area contributed by atoms with Crippen molar-refractivity contribution in [1.82, 2.24) is 24.3 Å². The summed E-state index contributed by atoms with van der Waals surface area (Å²) in [5.74, 6) is 0.312. The maximum absolute atomic E-state index is 14.1. The van der Waals surface area contributed by atoms with Gasteiger partial charge in [0.15, 0.2) is 8.32 Å². The molecule has 3 heterocycles. The zero-order valence-electron chi connectivity index (χ0n) is 32.1. The number of likely N-dealkylation sites (tertiary alicyclic amines) is 1. The van der Waals surface area contributed by atoms with Crippen LogP contribution in [0.5, 0.6) is 0 Å². The van der Waals surface area contributed by atoms with Crippen molar-refractivity contribution in [1.29, 1.82) is 0 Å². The Labute approximate surface area is 313 Å². The average molecular weight is 746 g/mol. The Morgan fingerprint density at radius 3 is 2.29 bits per heavy atom. The molecule has 3 atom stereocenters. The zero-order valence-corrected chi connectivity index (χ0v) is 33.8. The first-order chi connectivity index (χ1) is 24.3. The lowest BCUT2D eigenvalue weighted by molar-refractivity contribution is -0.00244. The summed E-state index contributed by atoms with van der Waals surface area (Å²) in [6.45, 7) is 16.8. The molecule has 52 heavy (non-hydrogen) atoms. The maximum atomic E-state index is 14.1. The van der Waals surface area contributed by atoms with Crippen molar-refractivity contribution < 1.29 is 18.8 Å². The third-order valence-electron chi connectivity index (χ3n) is 10.3. The van der Waals surface area contributed by atoms with Gasteiger partial charge in [0.1, 0.15) is 16.6 Å². The summed E-state index contributed by atoms with van der Waals surface area (Å²) in [6.07, 6.45) is 3.01. The van der Waals surface area contributed by atoms with Crippen molar-refractivity contribution in [3.63, 3.8) is 0 Å². The number of nitrogens with zero attached hydrogens (tertiary/aromatic N) is 5. The van der Waals surface area contributed by atoms with Gasteiger partial charge in [-0.2, -0.15) is 0 Å². The van der Waals surface area contributed by atoms with Crippen molar-refractivity contribution in [2.75, 3.05) is 7.05 Å². The second-order valence-corrected chi connectivity index (χ2v) is 21.5. The number of rotatable bonds is 9. The zero-order chi connectivity index (χ0) is 38.2. The number of aromatic nitrogens is 3. The molecule has 0 N–H and O–H groups in total. The fraction of sp³-hybridized carbons (Fsp3) is 0.475. The SMILES string of the molecule is CN(Cc1nc2ccccc2c(=O)n1C)C(=O)c1ccc(C[C@@H]2CC[C@H](C(O[Si](C)(C)C(C)(C)C)c3ccc(Cl)nc3)N2C(=O)OC(C)(C)C)cc1. The predicted molar refractivity (Wildman–Crippen MR) is 208 cm³/mol. The highest BCUT2D eigenvalue weighted by molar-refractivity contribution is 6.74. The van der Waals surface area contributed by atoms with Crippen molar-refractivity contribution in [3.8, 4) is 0 Å². The Hall–Kier alpha value is -4.06. The molecule has 0 bridgehead atoms. The number of carbonyl (C=O) groups is 2. The van der Waals surface area contributed by atoms with Gasteiger partial charge < -0.3 is 14.1 Å². The van der Waals surface area contributed by atoms with Gasteiger partial charge in [-0.15, -0.1) is 0 Å². The fourth-order valence-electron chi connectivity index (χ4n) is 6.39. The number of fused-ring (bicyclic) bond motifs is 1. The molecule has 1 aliphatic heterocycles. The molecule has 2 aromatic carbocycles. The second kappa shape index (κ2) is 15.1. The van der Waals surface area contributed by atoms with Crippen LogP contribution >= 0.6 is 11.6 Å². The van der Waals surface area contributed by atoms with Gasteiger partial charge in [0.2, 0.25) is 0 Å². The Balaban J connectivity index is 1.38. The molecule has 2 amide bonds. The topological polar surface area (TPSA) is 107 Å². The van der Waals surface area contributed by atoms with Crippen LogP contribution in [0, 0.1) is 0 Å². The number of pyridine rings is 1. The van der Waals surface area contributed by atoms with Crippen LogP contribution in [0.4, 0.5) is 4.79 Å². The van der Waals surface area contributed by atoms with Crippen molar-refractivity contribution >= 4 is 42.8 Å². The van der Waals surface area contributed by atoms with Gasteiger partial charge in [0.25, 0.3) is 11.5 Å². The molecule has 1 aliphatic rings. The van der Waals surface area contributed by atoms with E-state index in [0.717, 1.165) is 24.0 Å². The lowest BCUT2D eigenvalue weighted by Gasteiger charge is -2.43. The summed E-state index contributed by atoms with van der Waals surface area (Å²) in [4.78, 5) is 52.9. The van der Waals surface area contributed by atoms with E-state index in [4.69, 9.17) is 20.8 Å². The number of para-hydroxylation sites is 1. The molecule has 1 saturated heterocycles. The van der Waals surface area contributed by atoms with E-state index < -0.39 is 20.0 Å². The summed E-state index contributed by atoms with van der Waals surface area (Å²) >= 11 is 6.20. The Bertz CT molecular complexity index is 1970. The van der Waals surface area contributed by atoms with E-state index in [1.807, 2.05) is 68.1 Å². The van der Waals surface area contributed by atoms with E-state index in [1.165, 1.54) is 4.57 Å². The van der Waals surface area contributed by atoms with Crippen LogP contribution in [0.25, 0.3) is 10.9 Å². The number of benzene rings is 2. The first-order valence-corrected chi connectivity index (χ1v) is 21.1. The lowest BCUT2D eigenvalue weighted by atomic mass is 10.0. The van der Waals surface area contributed by atoms with Crippen LogP contribution in [0.1, 0.15) is 87.8 Å². The molecule has 10 nitrogen and oxygen atoms in total. The summed E-state index contributed by atoms with van der Waals surface area (Å²) in [6, 6.07) is 18.0. The van der Waals surface area contributed by atoms with Gasteiger partial charge in [-0.05, 0) is 94.1 Å². The van der Waals surface area contributed by atoms with Gasteiger partial charge >= 0.3 is 6.09 Å². The molecule has 4 aromatic rings. The highest BCUT2D eigenvalue weighted by Crippen LogP contribution is 2.44. The van der Waals surface area contributed by atoms with Gasteiger partial charge in [-0.1, -0.05) is 62.7 Å². The van der Waals surface area contributed by atoms with Gasteiger partial charge in [-0.3, -0.25) is 19.1 Å². The smallest absolute Gasteiger partial charge is 0.410 e. The van der Waals surface area contributed by atoms with Crippen molar-refractivity contribution in [3.05, 3.63) is 105 Å². The maximum Gasteiger partial charge on any atom is 0.410 e. The van der Waals surface area contributed by atoms with Crippen LogP contribution in [-0.4, -0.2) is 69.4 Å². The third kappa shape index (κ3) is 8.75. The largest absolute Gasteiger partial charge is 0.444 e. The number of amides is 2. The van der Waals surface area contributed by atoms with E-state index in [-0.39, 0.29) is 41.2 Å². The second-order valence-electron chi connectivity index (χ2n) is 16.4. The van der Waals surface area contributed by atoms with Crippen molar-refractivity contribution in [2.45, 2.75) is 109 Å². The molecule has 278 valence electrons. The molecule has 12 heteroatoms. The normalized spacial score (nSPS) is 17.3. The highest BCUT2D eigenvalue weighted by Gasteiger charge is 2.48. The van der Waals surface area contributed by atoms with Gasteiger partial charge in [0, 0.05) is 37.5 Å². The Morgan fingerprint density at radius 2 is 1.67 bits per heavy atom. The summed E-state index contributed by atoms with van der Waals surface area (Å²) in [5, 5.41) is 0.875. The van der Waals surface area contributed by atoms with E-state index in [2.05, 4.69) is 43.8 Å².